The Balaban J connectivity index is 1.64. The third-order valence-electron chi connectivity index (χ3n) is 6.57. The van der Waals surface area contributed by atoms with E-state index in [1.807, 2.05) is 31.2 Å². The van der Waals surface area contributed by atoms with Crippen LogP contribution in [0.3, 0.4) is 0 Å². The van der Waals surface area contributed by atoms with Crippen molar-refractivity contribution < 1.29 is 9.53 Å². The van der Waals surface area contributed by atoms with Crippen molar-refractivity contribution in [2.45, 2.75) is 26.2 Å². The third kappa shape index (κ3) is 3.62. The number of carbonyl (C=O) groups excluding carboxylic acids is 1. The lowest BCUT2D eigenvalue weighted by atomic mass is 9.82. The number of nitrogens with zero attached hydrogens (tertiary/aromatic N) is 2. The number of rotatable bonds is 4. The predicted molar refractivity (Wildman–Crippen MR) is 145 cm³/mol. The van der Waals surface area contributed by atoms with Crippen LogP contribution in [0, 0.1) is 0 Å². The van der Waals surface area contributed by atoms with Crippen LogP contribution in [-0.4, -0.2) is 28.8 Å². The van der Waals surface area contributed by atoms with Gasteiger partial charge in [0, 0.05) is 29.0 Å². The number of benzene rings is 2. The van der Waals surface area contributed by atoms with Crippen molar-refractivity contribution in [2.24, 2.45) is 0 Å². The number of carbonyl (C=O) groups is 1. The summed E-state index contributed by atoms with van der Waals surface area (Å²) in [5.41, 5.74) is 6.76. The maximum absolute atomic E-state index is 12.8. The maximum Gasteiger partial charge on any atom is 0.266 e. The van der Waals surface area contributed by atoms with Gasteiger partial charge in [0.15, 0.2) is 0 Å². The van der Waals surface area contributed by atoms with Gasteiger partial charge in [0.25, 0.3) is 5.91 Å². The lowest BCUT2D eigenvalue weighted by molar-refractivity contribution is -0.122. The van der Waals surface area contributed by atoms with Gasteiger partial charge in [-0.05, 0) is 66.1 Å². The van der Waals surface area contributed by atoms with Crippen LogP contribution in [0.1, 0.15) is 31.9 Å². The molecule has 1 amide bonds. The van der Waals surface area contributed by atoms with Gasteiger partial charge >= 0.3 is 0 Å². The van der Waals surface area contributed by atoms with Crippen molar-refractivity contribution in [3.05, 3.63) is 100 Å². The van der Waals surface area contributed by atoms with Gasteiger partial charge in [-0.1, -0.05) is 68.2 Å². The van der Waals surface area contributed by atoms with Gasteiger partial charge in [0.1, 0.15) is 10.1 Å². The highest BCUT2D eigenvalue weighted by molar-refractivity contribution is 8.26. The van der Waals surface area contributed by atoms with E-state index in [0.29, 0.717) is 15.8 Å². The van der Waals surface area contributed by atoms with Gasteiger partial charge in [-0.2, -0.15) is 0 Å². The number of likely N-dealkylation sites (N-methyl/N-ethyl adjacent to an activating group) is 1. The first-order valence-corrected chi connectivity index (χ1v) is 12.5. The van der Waals surface area contributed by atoms with E-state index in [2.05, 4.69) is 67.3 Å². The first-order valence-electron chi connectivity index (χ1n) is 11.3. The van der Waals surface area contributed by atoms with Crippen LogP contribution in [0.25, 0.3) is 5.57 Å². The number of thioether (sulfide) groups is 1. The number of allylic oxidation sites excluding steroid dienone is 6. The van der Waals surface area contributed by atoms with Crippen molar-refractivity contribution in [1.82, 2.24) is 4.90 Å². The van der Waals surface area contributed by atoms with Crippen LogP contribution in [0.4, 0.5) is 5.69 Å². The molecule has 6 heteroatoms. The third-order valence-corrected chi connectivity index (χ3v) is 7.97. The fraction of sp³-hybridized carbons (Fsp3) is 0.214. The zero-order valence-corrected chi connectivity index (χ0v) is 21.3. The lowest BCUT2D eigenvalue weighted by Gasteiger charge is -2.31. The Bertz CT molecular complexity index is 1320. The molecular formula is C28H26N2O2S2. The zero-order chi connectivity index (χ0) is 24.0. The molecule has 3 aliphatic heterocycles. The highest BCUT2D eigenvalue weighted by Crippen LogP contribution is 2.52. The Morgan fingerprint density at radius 3 is 2.47 bits per heavy atom. The molecule has 1 fully saturated rings. The predicted octanol–water partition coefficient (Wildman–Crippen LogP) is 6.42. The highest BCUT2D eigenvalue weighted by Gasteiger charge is 2.42. The second-order valence-electron chi connectivity index (χ2n) is 8.88. The average Bonchev–Trinajstić information content (AvgIpc) is 3.26. The molecule has 2 aromatic carbocycles. The smallest absolute Gasteiger partial charge is 0.266 e. The van der Waals surface area contributed by atoms with Crippen LogP contribution in [-0.2, 0) is 10.2 Å². The average molecular weight is 487 g/mol. The fourth-order valence-electron chi connectivity index (χ4n) is 4.70. The normalized spacial score (nSPS) is 21.1. The summed E-state index contributed by atoms with van der Waals surface area (Å²) in [5.74, 6) is 0.805. The number of fused-ring (bicyclic) bond motifs is 3. The Morgan fingerprint density at radius 1 is 1.06 bits per heavy atom. The van der Waals surface area contributed by atoms with Crippen LogP contribution >= 0.6 is 24.0 Å². The number of para-hydroxylation sites is 1. The van der Waals surface area contributed by atoms with Gasteiger partial charge in [-0.3, -0.25) is 9.69 Å². The molecule has 0 bridgehead atoms. The number of anilines is 1. The SMILES string of the molecule is CCN1C(=O)C(=CC=C2C=C(c3ccc(OC)cc3)C=C3N2c2ccccc2C3(C)C)SC1=S. The van der Waals surface area contributed by atoms with E-state index >= 15 is 0 Å². The molecular weight excluding hydrogens is 460 g/mol. The summed E-state index contributed by atoms with van der Waals surface area (Å²) in [4.78, 5) is 17.4. The summed E-state index contributed by atoms with van der Waals surface area (Å²) >= 11 is 6.75. The molecule has 0 saturated carbocycles. The van der Waals surface area contributed by atoms with E-state index in [9.17, 15) is 4.79 Å². The van der Waals surface area contributed by atoms with Crippen LogP contribution in [0.5, 0.6) is 5.75 Å². The molecule has 3 aliphatic rings. The van der Waals surface area contributed by atoms with Crippen molar-refractivity contribution in [2.75, 3.05) is 18.6 Å². The number of hydrogen-bond acceptors (Lipinski definition) is 5. The highest BCUT2D eigenvalue weighted by atomic mass is 32.2. The number of amides is 1. The fourth-order valence-corrected chi connectivity index (χ4v) is 6.03. The summed E-state index contributed by atoms with van der Waals surface area (Å²) in [5, 5.41) is 0. The van der Waals surface area contributed by atoms with E-state index < -0.39 is 0 Å². The first-order chi connectivity index (χ1) is 16.3. The monoisotopic (exact) mass is 486 g/mol. The standard InChI is InChI=1S/C28H26N2O2S2/c1-5-29-26(31)24(34-27(29)33)15-12-20-16-19(18-10-13-21(32-4)14-11-18)17-25-28(2,3)22-8-6-7-9-23(22)30(20)25/h6-17H,5H2,1-4H3. The minimum atomic E-state index is -0.159. The molecule has 0 radical (unpaired) electrons. The summed E-state index contributed by atoms with van der Waals surface area (Å²) in [7, 11) is 1.68. The quantitative estimate of drug-likeness (QED) is 0.368. The largest absolute Gasteiger partial charge is 0.497 e. The van der Waals surface area contributed by atoms with Gasteiger partial charge in [0.2, 0.25) is 0 Å². The van der Waals surface area contributed by atoms with Gasteiger partial charge in [0.05, 0.1) is 12.0 Å². The van der Waals surface area contributed by atoms with E-state index in [1.165, 1.54) is 28.7 Å². The number of ether oxygens (including phenoxy) is 1. The maximum atomic E-state index is 12.8. The Labute approximate surface area is 210 Å². The van der Waals surface area contributed by atoms with Crippen molar-refractivity contribution in [3.8, 4) is 5.75 Å². The minimum Gasteiger partial charge on any atom is -0.497 e. The van der Waals surface area contributed by atoms with E-state index in [-0.39, 0.29) is 11.3 Å². The van der Waals surface area contributed by atoms with Crippen LogP contribution in [0.2, 0.25) is 0 Å². The molecule has 0 spiro atoms. The summed E-state index contributed by atoms with van der Waals surface area (Å²) in [6, 6.07) is 16.7. The zero-order valence-electron chi connectivity index (χ0n) is 19.7. The second kappa shape index (κ2) is 8.60. The second-order valence-corrected chi connectivity index (χ2v) is 10.6. The molecule has 2 aromatic rings. The van der Waals surface area contributed by atoms with E-state index in [0.717, 1.165) is 22.6 Å². The molecule has 5 rings (SSSR count). The molecule has 3 heterocycles. The topological polar surface area (TPSA) is 32.8 Å². The van der Waals surface area contributed by atoms with Gasteiger partial charge < -0.3 is 9.64 Å². The number of thiocarbonyl (C=S) groups is 1. The number of methoxy groups -OCH3 is 1. The Morgan fingerprint density at radius 2 is 1.79 bits per heavy atom. The molecule has 1 saturated heterocycles. The Kier molecular flexibility index (Phi) is 5.74. The van der Waals surface area contributed by atoms with E-state index in [4.69, 9.17) is 17.0 Å². The van der Waals surface area contributed by atoms with Crippen molar-refractivity contribution in [1.29, 1.82) is 0 Å². The molecule has 0 atom stereocenters. The van der Waals surface area contributed by atoms with Crippen molar-refractivity contribution in [3.63, 3.8) is 0 Å². The molecule has 0 unspecified atom stereocenters. The summed E-state index contributed by atoms with van der Waals surface area (Å²) in [6.45, 7) is 7.05. The van der Waals surface area contributed by atoms with Crippen LogP contribution in [0.15, 0.2) is 89.1 Å². The Hall–Kier alpha value is -3.09. The van der Waals surface area contributed by atoms with Crippen molar-refractivity contribution >= 4 is 45.5 Å². The minimum absolute atomic E-state index is 0.0255. The molecule has 34 heavy (non-hydrogen) atoms. The van der Waals surface area contributed by atoms with Gasteiger partial charge in [-0.15, -0.1) is 0 Å². The number of hydrogen-bond donors (Lipinski definition) is 0. The molecule has 0 aliphatic carbocycles. The van der Waals surface area contributed by atoms with E-state index in [1.54, 1.807) is 12.0 Å². The molecule has 0 N–H and O–H groups in total. The summed E-state index contributed by atoms with van der Waals surface area (Å²) in [6.07, 6.45) is 8.40. The summed E-state index contributed by atoms with van der Waals surface area (Å²) < 4.78 is 5.96. The van der Waals surface area contributed by atoms with Gasteiger partial charge in [-0.25, -0.2) is 0 Å². The molecule has 172 valence electrons. The first kappa shape index (κ1) is 22.7. The van der Waals surface area contributed by atoms with Crippen LogP contribution < -0.4 is 9.64 Å². The molecule has 4 nitrogen and oxygen atoms in total. The molecule has 0 aromatic heterocycles. The lowest BCUT2D eigenvalue weighted by Crippen LogP contribution is -2.27.